The molecule has 20 heavy (non-hydrogen) atoms. The normalized spacial score (nSPS) is 9.95. The summed E-state index contributed by atoms with van der Waals surface area (Å²) in [6.07, 6.45) is 0. The Balaban J connectivity index is 2.14. The Morgan fingerprint density at radius 2 is 1.90 bits per heavy atom. The lowest BCUT2D eigenvalue weighted by Crippen LogP contribution is -1.95. The van der Waals surface area contributed by atoms with E-state index in [1.165, 1.54) is 22.6 Å². The van der Waals surface area contributed by atoms with Crippen molar-refractivity contribution in [1.82, 2.24) is 0 Å². The SMILES string of the molecule is Cc1ccc(SCc2ccc(F)cc2C#CCN)cc1. The predicted octanol–water partition coefficient (Wildman–Crippen LogP) is 3.74. The van der Waals surface area contributed by atoms with Gasteiger partial charge in [-0.15, -0.1) is 11.8 Å². The maximum Gasteiger partial charge on any atom is 0.124 e. The fourth-order valence-corrected chi connectivity index (χ4v) is 2.64. The standard InChI is InChI=1S/C17H16FNS/c1-13-4-8-17(9-5-13)20-12-15-6-7-16(18)11-14(15)3-2-10-19/h4-9,11H,10,12,19H2,1H3. The predicted molar refractivity (Wildman–Crippen MR) is 83.1 cm³/mol. The molecule has 0 aliphatic heterocycles. The van der Waals surface area contributed by atoms with Gasteiger partial charge in [-0.25, -0.2) is 4.39 Å². The topological polar surface area (TPSA) is 26.0 Å². The zero-order valence-corrected chi connectivity index (χ0v) is 12.1. The molecule has 3 heteroatoms. The zero-order valence-electron chi connectivity index (χ0n) is 11.3. The number of aryl methyl sites for hydroxylation is 1. The maximum absolute atomic E-state index is 13.3. The Labute approximate surface area is 123 Å². The van der Waals surface area contributed by atoms with Crippen molar-refractivity contribution < 1.29 is 4.39 Å². The second-order valence-electron chi connectivity index (χ2n) is 4.41. The molecule has 2 rings (SSSR count). The highest BCUT2D eigenvalue weighted by molar-refractivity contribution is 7.98. The molecule has 0 atom stereocenters. The highest BCUT2D eigenvalue weighted by atomic mass is 32.2. The number of halogens is 1. The van der Waals surface area contributed by atoms with Gasteiger partial charge in [0.2, 0.25) is 0 Å². The highest BCUT2D eigenvalue weighted by Gasteiger charge is 2.03. The Morgan fingerprint density at radius 1 is 1.15 bits per heavy atom. The van der Waals surface area contributed by atoms with Crippen molar-refractivity contribution >= 4 is 11.8 Å². The molecule has 2 N–H and O–H groups in total. The van der Waals surface area contributed by atoms with E-state index in [1.807, 2.05) is 0 Å². The Bertz CT molecular complexity index is 638. The highest BCUT2D eigenvalue weighted by Crippen LogP contribution is 2.25. The third-order valence-electron chi connectivity index (χ3n) is 2.81. The van der Waals surface area contributed by atoms with E-state index in [4.69, 9.17) is 5.73 Å². The molecule has 0 fully saturated rings. The summed E-state index contributed by atoms with van der Waals surface area (Å²) in [5, 5.41) is 0. The van der Waals surface area contributed by atoms with Gasteiger partial charge in [0.1, 0.15) is 5.82 Å². The molecular weight excluding hydrogens is 269 g/mol. The van der Waals surface area contributed by atoms with Crippen LogP contribution in [-0.2, 0) is 5.75 Å². The van der Waals surface area contributed by atoms with Crippen LogP contribution in [0.5, 0.6) is 0 Å². The molecule has 2 aromatic carbocycles. The van der Waals surface area contributed by atoms with E-state index in [0.717, 1.165) is 16.9 Å². The van der Waals surface area contributed by atoms with Crippen molar-refractivity contribution in [3.8, 4) is 11.8 Å². The number of thioether (sulfide) groups is 1. The van der Waals surface area contributed by atoms with Crippen molar-refractivity contribution in [2.75, 3.05) is 6.54 Å². The maximum atomic E-state index is 13.3. The molecule has 0 bridgehead atoms. The van der Waals surface area contributed by atoms with Crippen molar-refractivity contribution in [1.29, 1.82) is 0 Å². The van der Waals surface area contributed by atoms with Gasteiger partial charge >= 0.3 is 0 Å². The first kappa shape index (κ1) is 14.6. The lowest BCUT2D eigenvalue weighted by atomic mass is 10.1. The minimum Gasteiger partial charge on any atom is -0.320 e. The van der Waals surface area contributed by atoms with Crippen LogP contribution in [0, 0.1) is 24.6 Å². The van der Waals surface area contributed by atoms with Crippen LogP contribution in [0.1, 0.15) is 16.7 Å². The molecule has 0 saturated heterocycles. The molecule has 0 aromatic heterocycles. The van der Waals surface area contributed by atoms with Gasteiger partial charge < -0.3 is 5.73 Å². The minimum atomic E-state index is -0.268. The van der Waals surface area contributed by atoms with E-state index < -0.39 is 0 Å². The average molecular weight is 285 g/mol. The molecule has 0 spiro atoms. The van der Waals surface area contributed by atoms with Gasteiger partial charge in [0.25, 0.3) is 0 Å². The van der Waals surface area contributed by atoms with E-state index in [0.29, 0.717) is 0 Å². The van der Waals surface area contributed by atoms with Gasteiger partial charge in [-0.05, 0) is 36.8 Å². The fraction of sp³-hybridized carbons (Fsp3) is 0.176. The summed E-state index contributed by atoms with van der Waals surface area (Å²) < 4.78 is 13.3. The summed E-state index contributed by atoms with van der Waals surface area (Å²) in [7, 11) is 0. The molecule has 0 aliphatic rings. The molecule has 0 aliphatic carbocycles. The second kappa shape index (κ2) is 7.14. The Hall–Kier alpha value is -1.76. The van der Waals surface area contributed by atoms with Crippen molar-refractivity contribution in [2.24, 2.45) is 5.73 Å². The minimum absolute atomic E-state index is 0.268. The molecule has 0 heterocycles. The molecule has 0 radical (unpaired) electrons. The summed E-state index contributed by atoms with van der Waals surface area (Å²) >= 11 is 1.71. The van der Waals surface area contributed by atoms with Crippen LogP contribution >= 0.6 is 11.8 Å². The number of hydrogen-bond acceptors (Lipinski definition) is 2. The zero-order chi connectivity index (χ0) is 14.4. The van der Waals surface area contributed by atoms with Crippen LogP contribution < -0.4 is 5.73 Å². The van der Waals surface area contributed by atoms with Gasteiger partial charge in [0.05, 0.1) is 6.54 Å². The number of hydrogen-bond donors (Lipinski definition) is 1. The number of benzene rings is 2. The van der Waals surface area contributed by atoms with Crippen LogP contribution in [0.25, 0.3) is 0 Å². The largest absolute Gasteiger partial charge is 0.320 e. The lowest BCUT2D eigenvalue weighted by Gasteiger charge is -2.05. The van der Waals surface area contributed by atoms with E-state index in [9.17, 15) is 4.39 Å². The van der Waals surface area contributed by atoms with E-state index in [1.54, 1.807) is 17.8 Å². The number of rotatable bonds is 3. The average Bonchev–Trinajstić information content (AvgIpc) is 2.46. The molecule has 1 nitrogen and oxygen atoms in total. The summed E-state index contributed by atoms with van der Waals surface area (Å²) in [6, 6.07) is 13.1. The van der Waals surface area contributed by atoms with Gasteiger partial charge in [-0.3, -0.25) is 0 Å². The summed E-state index contributed by atoms with van der Waals surface area (Å²) in [5.74, 6) is 6.20. The molecule has 2 aromatic rings. The van der Waals surface area contributed by atoms with Gasteiger partial charge in [-0.2, -0.15) is 0 Å². The summed E-state index contributed by atoms with van der Waals surface area (Å²) in [5.41, 5.74) is 8.36. The van der Waals surface area contributed by atoms with E-state index in [-0.39, 0.29) is 12.4 Å². The Morgan fingerprint density at radius 3 is 2.60 bits per heavy atom. The quantitative estimate of drug-likeness (QED) is 0.687. The molecule has 102 valence electrons. The fourth-order valence-electron chi connectivity index (χ4n) is 1.73. The first-order valence-electron chi connectivity index (χ1n) is 6.36. The molecular formula is C17H16FNS. The van der Waals surface area contributed by atoms with Crippen LogP contribution in [0.2, 0.25) is 0 Å². The first-order valence-corrected chi connectivity index (χ1v) is 7.34. The Kier molecular flexibility index (Phi) is 5.23. The lowest BCUT2D eigenvalue weighted by molar-refractivity contribution is 0.627. The van der Waals surface area contributed by atoms with Crippen LogP contribution in [0.15, 0.2) is 47.4 Å². The van der Waals surface area contributed by atoms with E-state index in [2.05, 4.69) is 43.0 Å². The molecule has 0 unspecified atom stereocenters. The van der Waals surface area contributed by atoms with Gasteiger partial charge in [0.15, 0.2) is 0 Å². The second-order valence-corrected chi connectivity index (χ2v) is 5.46. The van der Waals surface area contributed by atoms with Crippen molar-refractivity contribution in [2.45, 2.75) is 17.6 Å². The van der Waals surface area contributed by atoms with Crippen LogP contribution in [-0.4, -0.2) is 6.54 Å². The third kappa shape index (κ3) is 4.12. The monoisotopic (exact) mass is 285 g/mol. The van der Waals surface area contributed by atoms with Crippen molar-refractivity contribution in [3.05, 3.63) is 65.0 Å². The van der Waals surface area contributed by atoms with Gasteiger partial charge in [0, 0.05) is 16.2 Å². The van der Waals surface area contributed by atoms with Crippen LogP contribution in [0.4, 0.5) is 4.39 Å². The number of nitrogens with two attached hydrogens (primary N) is 1. The smallest absolute Gasteiger partial charge is 0.124 e. The summed E-state index contributed by atoms with van der Waals surface area (Å²) in [6.45, 7) is 2.34. The summed E-state index contributed by atoms with van der Waals surface area (Å²) in [4.78, 5) is 1.19. The first-order chi connectivity index (χ1) is 9.69. The molecule has 0 amide bonds. The van der Waals surface area contributed by atoms with Crippen molar-refractivity contribution in [3.63, 3.8) is 0 Å². The van der Waals surface area contributed by atoms with Gasteiger partial charge in [-0.1, -0.05) is 35.6 Å². The molecule has 0 saturated carbocycles. The van der Waals surface area contributed by atoms with E-state index >= 15 is 0 Å². The third-order valence-corrected chi connectivity index (χ3v) is 3.87. The van der Waals surface area contributed by atoms with Crippen LogP contribution in [0.3, 0.4) is 0 Å².